The highest BCUT2D eigenvalue weighted by atomic mass is 35.5. The van der Waals surface area contributed by atoms with E-state index in [1.54, 1.807) is 7.11 Å². The van der Waals surface area contributed by atoms with Crippen LogP contribution in [0, 0.1) is 5.41 Å². The molecule has 0 N–H and O–H groups in total. The van der Waals surface area contributed by atoms with E-state index in [1.165, 1.54) is 0 Å². The first kappa shape index (κ1) is 11.9. The van der Waals surface area contributed by atoms with Gasteiger partial charge in [-0.15, -0.1) is 18.2 Å². The summed E-state index contributed by atoms with van der Waals surface area (Å²) in [6.07, 6.45) is 1.83. The summed E-state index contributed by atoms with van der Waals surface area (Å²) in [5.74, 6) is 0.531. The van der Waals surface area contributed by atoms with Crippen molar-refractivity contribution in [2.24, 2.45) is 5.41 Å². The predicted octanol–water partition coefficient (Wildman–Crippen LogP) is 2.08. The Hall–Kier alpha value is -0.0500. The molecule has 0 aliphatic heterocycles. The molecule has 0 saturated heterocycles. The van der Waals surface area contributed by atoms with Gasteiger partial charge in [0, 0.05) is 18.4 Å². The smallest absolute Gasteiger partial charge is 0.0700 e. The lowest BCUT2D eigenvalue weighted by atomic mass is 9.95. The molecule has 0 aromatic heterocycles. The van der Waals surface area contributed by atoms with E-state index < -0.39 is 0 Å². The summed E-state index contributed by atoms with van der Waals surface area (Å²) in [5, 5.41) is 0. The van der Waals surface area contributed by atoms with Crippen LogP contribution < -0.4 is 0 Å². The summed E-state index contributed by atoms with van der Waals surface area (Å²) in [5.41, 5.74) is -0.116. The molecule has 72 valence electrons. The quantitative estimate of drug-likeness (QED) is 0.349. The van der Waals surface area contributed by atoms with Gasteiger partial charge in [0.1, 0.15) is 0 Å². The molecule has 2 nitrogen and oxygen atoms in total. The average Bonchev–Trinajstić information content (AvgIpc) is 2.12. The second-order valence-corrected chi connectivity index (χ2v) is 3.30. The predicted molar refractivity (Wildman–Crippen MR) is 51.7 cm³/mol. The van der Waals surface area contributed by atoms with Crippen molar-refractivity contribution in [1.82, 2.24) is 0 Å². The zero-order valence-electron chi connectivity index (χ0n) is 7.81. The Morgan fingerprint density at radius 3 is 2.58 bits per heavy atom. The molecule has 0 aromatic carbocycles. The van der Waals surface area contributed by atoms with Crippen molar-refractivity contribution in [3.8, 4) is 0 Å². The van der Waals surface area contributed by atoms with Gasteiger partial charge in [0.05, 0.1) is 19.8 Å². The number of ether oxygens (including phenoxy) is 2. The van der Waals surface area contributed by atoms with Gasteiger partial charge in [-0.05, 0) is 0 Å². The minimum Gasteiger partial charge on any atom is -0.382 e. The molecule has 0 rings (SSSR count). The number of hydrogen-bond donors (Lipinski definition) is 0. The first-order chi connectivity index (χ1) is 5.68. The lowest BCUT2D eigenvalue weighted by Gasteiger charge is -2.22. The van der Waals surface area contributed by atoms with Gasteiger partial charge in [-0.3, -0.25) is 0 Å². The largest absolute Gasteiger partial charge is 0.382 e. The molecule has 0 heterocycles. The Kier molecular flexibility index (Phi) is 6.44. The SMILES string of the molecule is C=CC(C)(CCl)COCCOC. The summed E-state index contributed by atoms with van der Waals surface area (Å²) in [6, 6.07) is 0. The van der Waals surface area contributed by atoms with Gasteiger partial charge >= 0.3 is 0 Å². The molecule has 0 amide bonds. The minimum absolute atomic E-state index is 0.116. The number of rotatable bonds is 7. The van der Waals surface area contributed by atoms with E-state index in [9.17, 15) is 0 Å². The molecule has 0 radical (unpaired) electrons. The first-order valence-electron chi connectivity index (χ1n) is 3.95. The average molecular weight is 193 g/mol. The minimum atomic E-state index is -0.116. The molecule has 0 saturated carbocycles. The van der Waals surface area contributed by atoms with Gasteiger partial charge in [-0.1, -0.05) is 13.0 Å². The van der Waals surface area contributed by atoms with Crippen LogP contribution in [0.5, 0.6) is 0 Å². The lowest BCUT2D eigenvalue weighted by Crippen LogP contribution is -2.23. The van der Waals surface area contributed by atoms with Crippen LogP contribution in [0.1, 0.15) is 6.92 Å². The number of hydrogen-bond acceptors (Lipinski definition) is 2. The van der Waals surface area contributed by atoms with Crippen molar-refractivity contribution in [3.63, 3.8) is 0 Å². The molecule has 1 unspecified atom stereocenters. The second kappa shape index (κ2) is 6.46. The van der Waals surface area contributed by atoms with E-state index in [-0.39, 0.29) is 5.41 Å². The van der Waals surface area contributed by atoms with Crippen molar-refractivity contribution in [2.45, 2.75) is 6.92 Å². The Morgan fingerprint density at radius 2 is 2.17 bits per heavy atom. The first-order valence-corrected chi connectivity index (χ1v) is 4.48. The van der Waals surface area contributed by atoms with Gasteiger partial charge in [0.2, 0.25) is 0 Å². The highest BCUT2D eigenvalue weighted by Crippen LogP contribution is 2.19. The molecular formula is C9H17ClO2. The van der Waals surface area contributed by atoms with Crippen molar-refractivity contribution in [1.29, 1.82) is 0 Å². The maximum atomic E-state index is 5.74. The summed E-state index contributed by atoms with van der Waals surface area (Å²) in [4.78, 5) is 0. The van der Waals surface area contributed by atoms with Crippen molar-refractivity contribution < 1.29 is 9.47 Å². The summed E-state index contributed by atoms with van der Waals surface area (Å²) in [7, 11) is 1.65. The molecule has 0 fully saturated rings. The third-order valence-electron chi connectivity index (χ3n) is 1.66. The highest BCUT2D eigenvalue weighted by Gasteiger charge is 2.18. The molecule has 3 heteroatoms. The normalized spacial score (nSPS) is 15.6. The van der Waals surface area contributed by atoms with Gasteiger partial charge in [-0.25, -0.2) is 0 Å². The Labute approximate surface area is 79.5 Å². The summed E-state index contributed by atoms with van der Waals surface area (Å²) < 4.78 is 10.2. The molecule has 0 aliphatic carbocycles. The van der Waals surface area contributed by atoms with E-state index in [0.29, 0.717) is 25.7 Å². The van der Waals surface area contributed by atoms with Gasteiger partial charge in [0.15, 0.2) is 0 Å². The van der Waals surface area contributed by atoms with Crippen LogP contribution in [-0.2, 0) is 9.47 Å². The van der Waals surface area contributed by atoms with Crippen LogP contribution in [0.2, 0.25) is 0 Å². The molecular weight excluding hydrogens is 176 g/mol. The Bertz CT molecular complexity index is 128. The van der Waals surface area contributed by atoms with Gasteiger partial charge < -0.3 is 9.47 Å². The Morgan fingerprint density at radius 1 is 1.50 bits per heavy atom. The molecule has 0 aliphatic rings. The second-order valence-electron chi connectivity index (χ2n) is 3.04. The van der Waals surface area contributed by atoms with Crippen LogP contribution in [0.4, 0.5) is 0 Å². The van der Waals surface area contributed by atoms with Crippen LogP contribution in [0.15, 0.2) is 12.7 Å². The third kappa shape index (κ3) is 4.75. The van der Waals surface area contributed by atoms with Crippen molar-refractivity contribution >= 4 is 11.6 Å². The molecule has 0 aromatic rings. The molecule has 12 heavy (non-hydrogen) atoms. The zero-order valence-corrected chi connectivity index (χ0v) is 8.56. The lowest BCUT2D eigenvalue weighted by molar-refractivity contribution is 0.0424. The zero-order chi connectivity index (χ0) is 9.45. The molecule has 0 spiro atoms. The maximum absolute atomic E-state index is 5.74. The van der Waals surface area contributed by atoms with Crippen LogP contribution in [0.25, 0.3) is 0 Å². The molecule has 1 atom stereocenters. The van der Waals surface area contributed by atoms with E-state index >= 15 is 0 Å². The fourth-order valence-corrected chi connectivity index (χ4v) is 0.786. The van der Waals surface area contributed by atoms with Crippen molar-refractivity contribution in [2.75, 3.05) is 32.8 Å². The van der Waals surface area contributed by atoms with Gasteiger partial charge in [0.25, 0.3) is 0 Å². The van der Waals surface area contributed by atoms with E-state index in [4.69, 9.17) is 21.1 Å². The van der Waals surface area contributed by atoms with Gasteiger partial charge in [-0.2, -0.15) is 0 Å². The summed E-state index contributed by atoms with van der Waals surface area (Å²) in [6.45, 7) is 7.55. The highest BCUT2D eigenvalue weighted by molar-refractivity contribution is 6.18. The van der Waals surface area contributed by atoms with Crippen LogP contribution >= 0.6 is 11.6 Å². The fraction of sp³-hybridized carbons (Fsp3) is 0.778. The monoisotopic (exact) mass is 192 g/mol. The Balaban J connectivity index is 3.51. The van der Waals surface area contributed by atoms with Crippen molar-refractivity contribution in [3.05, 3.63) is 12.7 Å². The number of methoxy groups -OCH3 is 1. The molecule has 0 bridgehead atoms. The standard InChI is InChI=1S/C9H17ClO2/c1-4-9(2,7-10)8-12-6-5-11-3/h4H,1,5-8H2,2-3H3. The van der Waals surface area contributed by atoms with E-state index in [2.05, 4.69) is 6.58 Å². The van der Waals surface area contributed by atoms with Crippen LogP contribution in [0.3, 0.4) is 0 Å². The third-order valence-corrected chi connectivity index (χ3v) is 2.27. The van der Waals surface area contributed by atoms with E-state index in [1.807, 2.05) is 13.0 Å². The number of alkyl halides is 1. The van der Waals surface area contributed by atoms with Crippen LogP contribution in [-0.4, -0.2) is 32.8 Å². The summed E-state index contributed by atoms with van der Waals surface area (Å²) >= 11 is 5.74. The fourth-order valence-electron chi connectivity index (χ4n) is 0.600. The maximum Gasteiger partial charge on any atom is 0.0700 e. The number of halogens is 1. The topological polar surface area (TPSA) is 18.5 Å². The van der Waals surface area contributed by atoms with E-state index in [0.717, 1.165) is 0 Å².